The molecule has 4 aromatic heterocycles. The average molecular weight is 700 g/mol. The van der Waals surface area contributed by atoms with Gasteiger partial charge in [0.2, 0.25) is 5.95 Å². The summed E-state index contributed by atoms with van der Waals surface area (Å²) in [7, 11) is 0. The van der Waals surface area contributed by atoms with Gasteiger partial charge < -0.3 is 0 Å². The third-order valence-corrected chi connectivity index (χ3v) is 12.7. The third-order valence-electron chi connectivity index (χ3n) is 10.4. The second kappa shape index (κ2) is 10.6. The molecule has 0 saturated carbocycles. The summed E-state index contributed by atoms with van der Waals surface area (Å²) in [5.74, 6) is 1.89. The lowest BCUT2D eigenvalue weighted by Crippen LogP contribution is -2.10. The maximum atomic E-state index is 5.44. The minimum absolute atomic E-state index is 0.591. The molecule has 0 aliphatic carbocycles. The number of hydrogen-bond acceptors (Lipinski definition) is 5. The molecule has 7 heteroatoms. The van der Waals surface area contributed by atoms with Gasteiger partial charge in [-0.25, -0.2) is 4.98 Å². The monoisotopic (exact) mass is 699 g/mol. The lowest BCUT2D eigenvalue weighted by molar-refractivity contribution is 0.928. The van der Waals surface area contributed by atoms with Crippen LogP contribution in [0, 0.1) is 0 Å². The molecule has 5 nitrogen and oxygen atoms in total. The Bertz CT molecular complexity index is 3290. The first kappa shape index (κ1) is 28.4. The number of hydrogen-bond donors (Lipinski definition) is 0. The zero-order chi connectivity index (χ0) is 33.9. The van der Waals surface area contributed by atoms with Gasteiger partial charge in [0.15, 0.2) is 11.6 Å². The molecule has 1 aliphatic rings. The summed E-state index contributed by atoms with van der Waals surface area (Å²) in [5.41, 5.74) is 6.47. The first-order valence-corrected chi connectivity index (χ1v) is 18.9. The third kappa shape index (κ3) is 3.86. The number of rotatable bonds is 3. The number of benzene rings is 7. The number of thiophene rings is 1. The minimum Gasteiger partial charge on any atom is -0.293 e. The van der Waals surface area contributed by atoms with Gasteiger partial charge in [-0.1, -0.05) is 127 Å². The van der Waals surface area contributed by atoms with Gasteiger partial charge in [-0.3, -0.25) is 9.13 Å². The van der Waals surface area contributed by atoms with Crippen molar-refractivity contribution < 1.29 is 0 Å². The van der Waals surface area contributed by atoms with Crippen molar-refractivity contribution >= 4 is 86.9 Å². The predicted octanol–water partition coefficient (Wildman–Crippen LogP) is 12.2. The van der Waals surface area contributed by atoms with Crippen LogP contribution in [0.4, 0.5) is 0 Å². The molecular formula is C45H25N5S2. The molecule has 11 aromatic rings. The molecule has 242 valence electrons. The maximum Gasteiger partial charge on any atom is 0.239 e. The molecule has 0 atom stereocenters. The van der Waals surface area contributed by atoms with Crippen LogP contribution in [0.5, 0.6) is 0 Å². The Balaban J connectivity index is 1.25. The Kier molecular flexibility index (Phi) is 5.80. The van der Waals surface area contributed by atoms with Gasteiger partial charge in [-0.05, 0) is 47.2 Å². The van der Waals surface area contributed by atoms with Crippen molar-refractivity contribution in [2.24, 2.45) is 0 Å². The molecular weight excluding hydrogens is 675 g/mol. The van der Waals surface area contributed by atoms with E-state index in [1.807, 2.05) is 11.8 Å². The largest absolute Gasteiger partial charge is 0.293 e. The van der Waals surface area contributed by atoms with Crippen LogP contribution in [0.15, 0.2) is 161 Å². The Morgan fingerprint density at radius 3 is 2.06 bits per heavy atom. The highest BCUT2D eigenvalue weighted by atomic mass is 32.2. The molecule has 0 bridgehead atoms. The molecule has 0 fully saturated rings. The second-order valence-corrected chi connectivity index (χ2v) is 15.3. The SMILES string of the molecule is c1ccc2c(c1)Sc1cccc3c4c5ccccc5n(-c5nc(-c6cccc7ccccc67)nc(-c6cccc7c6sc6ccccc67)n5)c4n-2c13. The molecule has 5 heterocycles. The van der Waals surface area contributed by atoms with Crippen LogP contribution < -0.4 is 0 Å². The molecule has 0 N–H and O–H groups in total. The van der Waals surface area contributed by atoms with Gasteiger partial charge in [0, 0.05) is 57.2 Å². The van der Waals surface area contributed by atoms with E-state index >= 15 is 0 Å². The zero-order valence-electron chi connectivity index (χ0n) is 27.5. The highest BCUT2D eigenvalue weighted by Crippen LogP contribution is 2.49. The van der Waals surface area contributed by atoms with Crippen molar-refractivity contribution in [1.82, 2.24) is 24.1 Å². The lowest BCUT2D eigenvalue weighted by atomic mass is 10.0. The fourth-order valence-electron chi connectivity index (χ4n) is 8.18. The van der Waals surface area contributed by atoms with E-state index in [1.165, 1.54) is 51.6 Å². The van der Waals surface area contributed by atoms with E-state index in [9.17, 15) is 0 Å². The van der Waals surface area contributed by atoms with Gasteiger partial charge >= 0.3 is 0 Å². The predicted molar refractivity (Wildman–Crippen MR) is 216 cm³/mol. The van der Waals surface area contributed by atoms with E-state index in [0.717, 1.165) is 38.8 Å². The summed E-state index contributed by atoms with van der Waals surface area (Å²) in [6.45, 7) is 0. The van der Waals surface area contributed by atoms with Crippen molar-refractivity contribution in [2.45, 2.75) is 9.79 Å². The summed E-state index contributed by atoms with van der Waals surface area (Å²) < 4.78 is 7.12. The van der Waals surface area contributed by atoms with E-state index in [-0.39, 0.29) is 0 Å². The van der Waals surface area contributed by atoms with Crippen molar-refractivity contribution in [3.63, 3.8) is 0 Å². The van der Waals surface area contributed by atoms with Crippen LogP contribution in [0.25, 0.3) is 98.2 Å². The fraction of sp³-hybridized carbons (Fsp3) is 0. The topological polar surface area (TPSA) is 48.5 Å². The van der Waals surface area contributed by atoms with Crippen LogP contribution in [0.2, 0.25) is 0 Å². The molecule has 0 unspecified atom stereocenters. The highest BCUT2D eigenvalue weighted by molar-refractivity contribution is 7.99. The summed E-state index contributed by atoms with van der Waals surface area (Å²) in [6, 6.07) is 53.9. The summed E-state index contributed by atoms with van der Waals surface area (Å²) in [4.78, 5) is 18.6. The second-order valence-electron chi connectivity index (χ2n) is 13.2. The minimum atomic E-state index is 0.591. The van der Waals surface area contributed by atoms with Crippen molar-refractivity contribution in [1.29, 1.82) is 0 Å². The first-order valence-electron chi connectivity index (χ1n) is 17.3. The van der Waals surface area contributed by atoms with Gasteiger partial charge in [0.25, 0.3) is 0 Å². The van der Waals surface area contributed by atoms with Crippen LogP contribution >= 0.6 is 23.1 Å². The normalized spacial score (nSPS) is 12.5. The number of fused-ring (bicyclic) bond motifs is 11. The highest BCUT2D eigenvalue weighted by Gasteiger charge is 2.29. The molecule has 52 heavy (non-hydrogen) atoms. The van der Waals surface area contributed by atoms with E-state index in [2.05, 4.69) is 161 Å². The number of para-hydroxylation sites is 3. The Labute approximate surface area is 305 Å². The molecule has 0 radical (unpaired) electrons. The van der Waals surface area contributed by atoms with Crippen molar-refractivity contribution in [3.8, 4) is 34.4 Å². The van der Waals surface area contributed by atoms with E-state index in [1.54, 1.807) is 11.3 Å². The van der Waals surface area contributed by atoms with Crippen LogP contribution in [-0.2, 0) is 0 Å². The summed E-state index contributed by atoms with van der Waals surface area (Å²) in [5, 5.41) is 8.31. The molecule has 0 amide bonds. The fourth-order valence-corrected chi connectivity index (χ4v) is 10.5. The molecule has 7 aromatic carbocycles. The summed E-state index contributed by atoms with van der Waals surface area (Å²) in [6.07, 6.45) is 0. The van der Waals surface area contributed by atoms with Crippen LogP contribution in [-0.4, -0.2) is 24.1 Å². The molecule has 12 rings (SSSR count). The average Bonchev–Trinajstić information content (AvgIpc) is 3.86. The van der Waals surface area contributed by atoms with Crippen molar-refractivity contribution in [2.75, 3.05) is 0 Å². The smallest absolute Gasteiger partial charge is 0.239 e. The Morgan fingerprint density at radius 1 is 0.462 bits per heavy atom. The van der Waals surface area contributed by atoms with Gasteiger partial charge in [-0.15, -0.1) is 11.3 Å². The lowest BCUT2D eigenvalue weighted by Gasteiger charge is -2.20. The number of aromatic nitrogens is 5. The van der Waals surface area contributed by atoms with Crippen LogP contribution in [0.1, 0.15) is 0 Å². The Morgan fingerprint density at radius 2 is 1.12 bits per heavy atom. The van der Waals surface area contributed by atoms with E-state index in [4.69, 9.17) is 15.0 Å². The van der Waals surface area contributed by atoms with Gasteiger partial charge in [0.05, 0.1) is 16.7 Å². The standard InChI is InChI=1S/C45H25N5S2/c1-2-14-27-26(12-1)13-9-18-30(27)42-46-43(33-20-10-17-29-28-15-4-7-23-36(28)52-41(29)33)48-45(47-42)50-34-21-5-3-16-31(34)39-32-19-11-25-38-40(32)49(44(39)50)35-22-6-8-24-37(35)51-38/h1-25H. The molecule has 1 aliphatic heterocycles. The number of nitrogens with zero attached hydrogens (tertiary/aromatic N) is 5. The zero-order valence-corrected chi connectivity index (χ0v) is 29.1. The Hall–Kier alpha value is -6.28. The molecule has 0 saturated heterocycles. The van der Waals surface area contributed by atoms with Crippen molar-refractivity contribution in [3.05, 3.63) is 152 Å². The summed E-state index contributed by atoms with van der Waals surface area (Å²) >= 11 is 3.63. The first-order chi connectivity index (χ1) is 25.8. The van der Waals surface area contributed by atoms with Gasteiger partial charge in [0.1, 0.15) is 5.65 Å². The van der Waals surface area contributed by atoms with Gasteiger partial charge in [-0.2, -0.15) is 9.97 Å². The van der Waals surface area contributed by atoms with E-state index < -0.39 is 0 Å². The molecule has 0 spiro atoms. The van der Waals surface area contributed by atoms with Crippen LogP contribution in [0.3, 0.4) is 0 Å². The maximum absolute atomic E-state index is 5.44. The van der Waals surface area contributed by atoms with E-state index in [0.29, 0.717) is 17.6 Å². The quantitative estimate of drug-likeness (QED) is 0.184.